The molecular formula is C15H26ClN3O3S2. The van der Waals surface area contributed by atoms with Crippen LogP contribution in [0.15, 0.2) is 16.3 Å². The standard InChI is InChI=1S/C15H25N3O3S2.ClH/c1-2-3-6-12(11-16)17-15(19)14-13(7-10-22-14)23(20,21)18-8-4-5-9-18;/h7,10,12H,2-6,8-9,11,16H2,1H3,(H,17,19);1H. The Morgan fingerprint density at radius 3 is 2.67 bits per heavy atom. The van der Waals surface area contributed by atoms with E-state index in [0.29, 0.717) is 19.6 Å². The summed E-state index contributed by atoms with van der Waals surface area (Å²) < 4.78 is 26.8. The lowest BCUT2D eigenvalue weighted by atomic mass is 10.1. The topological polar surface area (TPSA) is 92.5 Å². The summed E-state index contributed by atoms with van der Waals surface area (Å²) in [6.45, 7) is 3.49. The first-order valence-corrected chi connectivity index (χ1v) is 10.4. The van der Waals surface area contributed by atoms with E-state index in [0.717, 1.165) is 43.4 Å². The lowest BCUT2D eigenvalue weighted by Crippen LogP contribution is -2.40. The van der Waals surface area contributed by atoms with Crippen LogP contribution < -0.4 is 11.1 Å². The fraction of sp³-hybridized carbons (Fsp3) is 0.667. The van der Waals surface area contributed by atoms with Crippen molar-refractivity contribution >= 4 is 39.7 Å². The summed E-state index contributed by atoms with van der Waals surface area (Å²) in [5, 5.41) is 4.52. The molecule has 0 spiro atoms. The molecule has 0 aliphatic carbocycles. The Kier molecular flexibility index (Phi) is 8.66. The molecule has 6 nitrogen and oxygen atoms in total. The Bertz CT molecular complexity index is 628. The van der Waals surface area contributed by atoms with Crippen molar-refractivity contribution in [2.75, 3.05) is 19.6 Å². The third kappa shape index (κ3) is 4.92. The number of rotatable bonds is 8. The summed E-state index contributed by atoms with van der Waals surface area (Å²) >= 11 is 1.16. The van der Waals surface area contributed by atoms with Crippen molar-refractivity contribution in [3.8, 4) is 0 Å². The smallest absolute Gasteiger partial charge is 0.263 e. The first-order valence-electron chi connectivity index (χ1n) is 8.09. The summed E-state index contributed by atoms with van der Waals surface area (Å²) in [5.74, 6) is -0.343. The number of nitrogens with two attached hydrogens (primary N) is 1. The Labute approximate surface area is 154 Å². The SMILES string of the molecule is CCCCC(CN)NC(=O)c1sccc1S(=O)(=O)N1CCCC1.Cl. The third-order valence-electron chi connectivity index (χ3n) is 4.04. The quantitative estimate of drug-likeness (QED) is 0.705. The maximum atomic E-state index is 12.7. The van der Waals surface area contributed by atoms with Crippen LogP contribution in [-0.4, -0.2) is 44.3 Å². The van der Waals surface area contributed by atoms with Crippen molar-refractivity contribution in [1.29, 1.82) is 0 Å². The monoisotopic (exact) mass is 395 g/mol. The average molecular weight is 396 g/mol. The van der Waals surface area contributed by atoms with Gasteiger partial charge in [-0.2, -0.15) is 4.31 Å². The predicted octanol–water partition coefficient (Wildman–Crippen LogP) is 2.20. The first kappa shape index (κ1) is 21.4. The molecule has 2 rings (SSSR count). The van der Waals surface area contributed by atoms with Crippen LogP contribution in [0, 0.1) is 0 Å². The molecule has 2 heterocycles. The van der Waals surface area contributed by atoms with Gasteiger partial charge >= 0.3 is 0 Å². The van der Waals surface area contributed by atoms with Crippen molar-refractivity contribution in [3.05, 3.63) is 16.3 Å². The molecule has 1 unspecified atom stereocenters. The molecule has 0 radical (unpaired) electrons. The van der Waals surface area contributed by atoms with Gasteiger partial charge in [-0.05, 0) is 30.7 Å². The molecule has 9 heteroatoms. The molecule has 1 aromatic heterocycles. The molecular weight excluding hydrogens is 370 g/mol. The van der Waals surface area contributed by atoms with Crippen molar-refractivity contribution in [1.82, 2.24) is 9.62 Å². The zero-order chi connectivity index (χ0) is 16.9. The van der Waals surface area contributed by atoms with E-state index in [4.69, 9.17) is 5.73 Å². The molecule has 1 atom stereocenters. The fourth-order valence-corrected chi connectivity index (χ4v) is 5.50. The number of carbonyl (C=O) groups is 1. The number of thiophene rings is 1. The summed E-state index contributed by atoms with van der Waals surface area (Å²) in [6, 6.07) is 1.41. The number of hydrogen-bond donors (Lipinski definition) is 2. The molecule has 138 valence electrons. The fourth-order valence-electron chi connectivity index (χ4n) is 2.68. The largest absolute Gasteiger partial charge is 0.347 e. The van der Waals surface area contributed by atoms with Gasteiger partial charge in [-0.3, -0.25) is 4.79 Å². The number of unbranched alkanes of at least 4 members (excludes halogenated alkanes) is 1. The van der Waals surface area contributed by atoms with Crippen LogP contribution in [0.1, 0.15) is 48.7 Å². The Morgan fingerprint density at radius 2 is 2.08 bits per heavy atom. The second kappa shape index (κ2) is 9.72. The highest BCUT2D eigenvalue weighted by atomic mass is 35.5. The highest BCUT2D eigenvalue weighted by molar-refractivity contribution is 7.89. The highest BCUT2D eigenvalue weighted by Gasteiger charge is 2.32. The molecule has 1 aliphatic rings. The van der Waals surface area contributed by atoms with E-state index in [-0.39, 0.29) is 34.1 Å². The van der Waals surface area contributed by atoms with Crippen molar-refractivity contribution in [2.45, 2.75) is 50.0 Å². The van der Waals surface area contributed by atoms with E-state index < -0.39 is 10.0 Å². The van der Waals surface area contributed by atoms with E-state index in [1.54, 1.807) is 5.38 Å². The predicted molar refractivity (Wildman–Crippen MR) is 99.4 cm³/mol. The minimum absolute atomic E-state index is 0. The van der Waals surface area contributed by atoms with Crippen molar-refractivity contribution < 1.29 is 13.2 Å². The molecule has 1 amide bonds. The van der Waals surface area contributed by atoms with Gasteiger partial charge < -0.3 is 11.1 Å². The minimum Gasteiger partial charge on any atom is -0.347 e. The van der Waals surface area contributed by atoms with Gasteiger partial charge in [0.2, 0.25) is 10.0 Å². The third-order valence-corrected chi connectivity index (χ3v) is 7.03. The second-order valence-electron chi connectivity index (χ2n) is 5.77. The summed E-state index contributed by atoms with van der Waals surface area (Å²) in [5.41, 5.74) is 5.70. The van der Waals surface area contributed by atoms with Crippen LogP contribution in [0.3, 0.4) is 0 Å². The first-order chi connectivity index (χ1) is 11.0. The minimum atomic E-state index is -3.58. The molecule has 1 aliphatic heterocycles. The van der Waals surface area contributed by atoms with Gasteiger partial charge in [0.05, 0.1) is 0 Å². The van der Waals surface area contributed by atoms with Crippen LogP contribution in [0.5, 0.6) is 0 Å². The maximum Gasteiger partial charge on any atom is 0.263 e. The number of sulfonamides is 1. The van der Waals surface area contributed by atoms with E-state index in [2.05, 4.69) is 12.2 Å². The molecule has 0 aromatic carbocycles. The van der Waals surface area contributed by atoms with Crippen LogP contribution in [-0.2, 0) is 10.0 Å². The van der Waals surface area contributed by atoms with Crippen LogP contribution in [0.4, 0.5) is 0 Å². The van der Waals surface area contributed by atoms with Crippen LogP contribution in [0.25, 0.3) is 0 Å². The average Bonchev–Trinajstić information content (AvgIpc) is 3.22. The number of carbonyl (C=O) groups excluding carboxylic acids is 1. The Hall–Kier alpha value is -0.670. The number of nitrogens with one attached hydrogen (secondary N) is 1. The number of amides is 1. The van der Waals surface area contributed by atoms with Gasteiger partial charge in [0, 0.05) is 25.7 Å². The van der Waals surface area contributed by atoms with Crippen molar-refractivity contribution in [3.63, 3.8) is 0 Å². The molecule has 0 bridgehead atoms. The van der Waals surface area contributed by atoms with Crippen LogP contribution >= 0.6 is 23.7 Å². The van der Waals surface area contributed by atoms with Gasteiger partial charge in [0.1, 0.15) is 9.77 Å². The zero-order valence-electron chi connectivity index (χ0n) is 13.9. The van der Waals surface area contributed by atoms with E-state index in [9.17, 15) is 13.2 Å². The van der Waals surface area contributed by atoms with E-state index in [1.807, 2.05) is 0 Å². The summed E-state index contributed by atoms with van der Waals surface area (Å²) in [6.07, 6.45) is 4.55. The Balaban J connectivity index is 0.00000288. The number of nitrogens with zero attached hydrogens (tertiary/aromatic N) is 1. The summed E-state index contributed by atoms with van der Waals surface area (Å²) in [7, 11) is -3.58. The highest BCUT2D eigenvalue weighted by Crippen LogP contribution is 2.27. The normalized spacial score (nSPS) is 16.6. The van der Waals surface area contributed by atoms with E-state index in [1.165, 1.54) is 10.4 Å². The Morgan fingerprint density at radius 1 is 1.42 bits per heavy atom. The molecule has 0 saturated carbocycles. The van der Waals surface area contributed by atoms with Gasteiger partial charge in [0.15, 0.2) is 0 Å². The van der Waals surface area contributed by atoms with Gasteiger partial charge in [-0.25, -0.2) is 8.42 Å². The number of hydrogen-bond acceptors (Lipinski definition) is 5. The second-order valence-corrected chi connectivity index (χ2v) is 8.60. The molecule has 3 N–H and O–H groups in total. The van der Waals surface area contributed by atoms with Gasteiger partial charge in [-0.15, -0.1) is 23.7 Å². The molecule has 1 saturated heterocycles. The zero-order valence-corrected chi connectivity index (χ0v) is 16.3. The maximum absolute atomic E-state index is 12.7. The lowest BCUT2D eigenvalue weighted by Gasteiger charge is -2.18. The van der Waals surface area contributed by atoms with E-state index >= 15 is 0 Å². The molecule has 1 fully saturated rings. The van der Waals surface area contributed by atoms with Gasteiger partial charge in [0.25, 0.3) is 5.91 Å². The lowest BCUT2D eigenvalue weighted by molar-refractivity contribution is 0.0936. The summed E-state index contributed by atoms with van der Waals surface area (Å²) in [4.78, 5) is 12.9. The number of halogens is 1. The van der Waals surface area contributed by atoms with Crippen molar-refractivity contribution in [2.24, 2.45) is 5.73 Å². The molecule has 24 heavy (non-hydrogen) atoms. The van der Waals surface area contributed by atoms with Gasteiger partial charge in [-0.1, -0.05) is 19.8 Å². The van der Waals surface area contributed by atoms with Crippen LogP contribution in [0.2, 0.25) is 0 Å². The molecule has 1 aromatic rings.